The molecule has 0 spiro atoms. The molecule has 0 heterocycles. The smallest absolute Gasteiger partial charge is 0.270 e. The molecule has 1 aromatic carbocycles. The summed E-state index contributed by atoms with van der Waals surface area (Å²) >= 11 is 0. The molecule has 5 nitrogen and oxygen atoms in total. The van der Waals surface area contributed by atoms with E-state index in [9.17, 15) is 12.8 Å². The molecule has 0 aliphatic carbocycles. The minimum atomic E-state index is -4.01. The van der Waals surface area contributed by atoms with Crippen molar-refractivity contribution in [3.63, 3.8) is 0 Å². The van der Waals surface area contributed by atoms with Crippen LogP contribution in [0.1, 0.15) is 25.0 Å². The molecular formula is C11H12FN3O2S. The van der Waals surface area contributed by atoms with Crippen molar-refractivity contribution in [2.45, 2.75) is 13.8 Å². The summed E-state index contributed by atoms with van der Waals surface area (Å²) in [6.07, 6.45) is 1.46. The Balaban J connectivity index is 3.50. The summed E-state index contributed by atoms with van der Waals surface area (Å²) in [5, 5.41) is 13.8. The van der Waals surface area contributed by atoms with Gasteiger partial charge in [-0.25, -0.2) is 9.53 Å². The number of hydrogen-bond donors (Lipinski definition) is 2. The van der Waals surface area contributed by atoms with Crippen molar-refractivity contribution in [1.29, 1.82) is 5.26 Å². The fourth-order valence-electron chi connectivity index (χ4n) is 1.38. The lowest BCUT2D eigenvalue weighted by atomic mass is 10.0. The van der Waals surface area contributed by atoms with Gasteiger partial charge in [0.25, 0.3) is 10.2 Å². The molecule has 0 aromatic heterocycles. The summed E-state index contributed by atoms with van der Waals surface area (Å²) in [4.78, 5) is 0. The summed E-state index contributed by atoms with van der Waals surface area (Å²) in [6.45, 7) is 3.47. The van der Waals surface area contributed by atoms with E-state index in [1.54, 1.807) is 19.9 Å². The summed E-state index contributed by atoms with van der Waals surface area (Å²) in [5.74, 6) is -0.604. The van der Waals surface area contributed by atoms with Crippen LogP contribution in [0.3, 0.4) is 0 Å². The molecule has 0 saturated heterocycles. The van der Waals surface area contributed by atoms with Crippen LogP contribution in [0.25, 0.3) is 6.08 Å². The minimum Gasteiger partial charge on any atom is -0.270 e. The number of nitriles is 1. The van der Waals surface area contributed by atoms with Crippen LogP contribution < -0.4 is 9.86 Å². The monoisotopic (exact) mass is 269 g/mol. The lowest BCUT2D eigenvalue weighted by Gasteiger charge is -2.09. The van der Waals surface area contributed by atoms with Gasteiger partial charge in [0.2, 0.25) is 0 Å². The van der Waals surface area contributed by atoms with E-state index in [-0.39, 0.29) is 16.8 Å². The first-order chi connectivity index (χ1) is 8.24. The molecular weight excluding hydrogens is 257 g/mol. The van der Waals surface area contributed by atoms with Crippen molar-refractivity contribution >= 4 is 22.0 Å². The molecule has 0 unspecified atom stereocenters. The molecule has 7 heteroatoms. The third-order valence-electron chi connectivity index (χ3n) is 1.99. The molecule has 0 saturated carbocycles. The first-order valence-electron chi connectivity index (χ1n) is 4.92. The van der Waals surface area contributed by atoms with Crippen molar-refractivity contribution in [2.75, 3.05) is 4.72 Å². The highest BCUT2D eigenvalue weighted by atomic mass is 32.2. The molecule has 1 rings (SSSR count). The summed E-state index contributed by atoms with van der Waals surface area (Å²) in [7, 11) is -4.01. The van der Waals surface area contributed by atoms with Crippen molar-refractivity contribution < 1.29 is 12.8 Å². The largest absolute Gasteiger partial charge is 0.296 e. The summed E-state index contributed by atoms with van der Waals surface area (Å²) in [5.41, 5.74) is 0.656. The highest BCUT2D eigenvalue weighted by molar-refractivity contribution is 7.90. The van der Waals surface area contributed by atoms with Gasteiger partial charge in [0, 0.05) is 5.56 Å². The van der Waals surface area contributed by atoms with E-state index in [0.717, 1.165) is 17.7 Å². The van der Waals surface area contributed by atoms with Crippen LogP contribution in [0, 0.1) is 17.1 Å². The van der Waals surface area contributed by atoms with Crippen molar-refractivity contribution in [3.8, 4) is 6.07 Å². The number of nitrogens with two attached hydrogens (primary N) is 1. The van der Waals surface area contributed by atoms with Crippen LogP contribution in [0.5, 0.6) is 0 Å². The molecule has 1 aromatic rings. The predicted molar refractivity (Wildman–Crippen MR) is 67.2 cm³/mol. The van der Waals surface area contributed by atoms with Crippen LogP contribution in [0.15, 0.2) is 17.7 Å². The van der Waals surface area contributed by atoms with Crippen LogP contribution in [-0.2, 0) is 10.2 Å². The van der Waals surface area contributed by atoms with Crippen LogP contribution in [0.4, 0.5) is 10.1 Å². The molecule has 18 heavy (non-hydrogen) atoms. The topological polar surface area (TPSA) is 96.0 Å². The molecule has 0 bridgehead atoms. The average Bonchev–Trinajstić information content (AvgIpc) is 2.20. The maximum Gasteiger partial charge on any atom is 0.296 e. The standard InChI is InChI=1S/C11H12FN3O2S/c1-7(2)5-8-9(6-13)11(4-3-10(8)12)15-18(14,16)17/h3-5,15H,1-2H3,(H2,14,16,17). The second-order valence-corrected chi connectivity index (χ2v) is 5.16. The molecule has 0 aliphatic rings. The van der Waals surface area contributed by atoms with Crippen molar-refractivity contribution in [3.05, 3.63) is 34.6 Å². The zero-order valence-electron chi connectivity index (χ0n) is 9.86. The van der Waals surface area contributed by atoms with Crippen LogP contribution >= 0.6 is 0 Å². The van der Waals surface area contributed by atoms with Gasteiger partial charge in [0.15, 0.2) is 0 Å². The predicted octanol–water partition coefficient (Wildman–Crippen LogP) is 1.74. The Morgan fingerprint density at radius 2 is 2.11 bits per heavy atom. The number of anilines is 1. The normalized spacial score (nSPS) is 10.6. The lowest BCUT2D eigenvalue weighted by molar-refractivity contribution is 0.602. The van der Waals surface area contributed by atoms with Crippen molar-refractivity contribution in [1.82, 2.24) is 0 Å². The minimum absolute atomic E-state index is 0.0335. The number of rotatable bonds is 3. The van der Waals surface area contributed by atoms with Crippen LogP contribution in [-0.4, -0.2) is 8.42 Å². The second-order valence-electron chi connectivity index (χ2n) is 3.86. The zero-order valence-corrected chi connectivity index (χ0v) is 10.7. The number of nitrogens with one attached hydrogen (secondary N) is 1. The number of benzene rings is 1. The van der Waals surface area contributed by atoms with Gasteiger partial charge in [0.05, 0.1) is 11.3 Å². The maximum atomic E-state index is 13.6. The third kappa shape index (κ3) is 3.55. The highest BCUT2D eigenvalue weighted by Crippen LogP contribution is 2.24. The van der Waals surface area contributed by atoms with Crippen molar-refractivity contribution in [2.24, 2.45) is 5.14 Å². The van der Waals surface area contributed by atoms with Gasteiger partial charge in [-0.2, -0.15) is 13.7 Å². The van der Waals surface area contributed by atoms with E-state index in [1.807, 2.05) is 4.72 Å². The van der Waals surface area contributed by atoms with Gasteiger partial charge in [-0.3, -0.25) is 4.72 Å². The fraction of sp³-hybridized carbons (Fsp3) is 0.182. The number of hydrogen-bond acceptors (Lipinski definition) is 3. The quantitative estimate of drug-likeness (QED) is 0.874. The highest BCUT2D eigenvalue weighted by Gasteiger charge is 2.14. The second kappa shape index (κ2) is 5.16. The fourth-order valence-corrected chi connectivity index (χ4v) is 1.86. The van der Waals surface area contributed by atoms with E-state index >= 15 is 0 Å². The SMILES string of the molecule is CC(C)=Cc1c(F)ccc(NS(N)(=O)=O)c1C#N. The van der Waals surface area contributed by atoms with Gasteiger partial charge in [-0.15, -0.1) is 0 Å². The first-order valence-corrected chi connectivity index (χ1v) is 6.47. The maximum absolute atomic E-state index is 13.6. The van der Waals surface area contributed by atoms with E-state index < -0.39 is 16.0 Å². The lowest BCUT2D eigenvalue weighted by Crippen LogP contribution is -2.22. The average molecular weight is 269 g/mol. The molecule has 0 aliphatic heterocycles. The molecule has 3 N–H and O–H groups in total. The van der Waals surface area contributed by atoms with Gasteiger partial charge in [-0.1, -0.05) is 11.6 Å². The summed E-state index contributed by atoms with van der Waals surface area (Å²) in [6, 6.07) is 3.99. The van der Waals surface area contributed by atoms with Gasteiger partial charge < -0.3 is 0 Å². The Kier molecular flexibility index (Phi) is 4.06. The van der Waals surface area contributed by atoms with E-state index in [1.165, 1.54) is 6.08 Å². The van der Waals surface area contributed by atoms with Gasteiger partial charge in [-0.05, 0) is 26.0 Å². The third-order valence-corrected chi connectivity index (χ3v) is 2.49. The Labute approximate surface area is 105 Å². The summed E-state index contributed by atoms with van der Waals surface area (Å²) < 4.78 is 37.4. The number of nitrogens with zero attached hydrogens (tertiary/aromatic N) is 1. The molecule has 96 valence electrons. The Hall–Kier alpha value is -1.91. The van der Waals surface area contributed by atoms with Gasteiger partial charge >= 0.3 is 0 Å². The molecule has 0 atom stereocenters. The molecule has 0 fully saturated rings. The Bertz CT molecular complexity index is 641. The molecule has 0 radical (unpaired) electrons. The first kappa shape index (κ1) is 14.2. The van der Waals surface area contributed by atoms with Gasteiger partial charge in [0.1, 0.15) is 11.9 Å². The van der Waals surface area contributed by atoms with Crippen LogP contribution in [0.2, 0.25) is 0 Å². The van der Waals surface area contributed by atoms with E-state index in [0.29, 0.717) is 0 Å². The molecule has 0 amide bonds. The Morgan fingerprint density at radius 1 is 1.50 bits per heavy atom. The number of allylic oxidation sites excluding steroid dienone is 1. The number of halogens is 1. The Morgan fingerprint density at radius 3 is 2.56 bits per heavy atom. The van der Waals surface area contributed by atoms with E-state index in [2.05, 4.69) is 0 Å². The van der Waals surface area contributed by atoms with E-state index in [4.69, 9.17) is 10.4 Å². The zero-order chi connectivity index (χ0) is 13.9.